The number of hydrogen-bond acceptors (Lipinski definition) is 5. The van der Waals surface area contributed by atoms with Crippen molar-refractivity contribution in [2.45, 2.75) is 6.92 Å². The van der Waals surface area contributed by atoms with Gasteiger partial charge in [-0.05, 0) is 23.8 Å². The molecule has 0 aromatic rings. The molecule has 1 aliphatic rings. The van der Waals surface area contributed by atoms with Gasteiger partial charge in [0.15, 0.2) is 0 Å². The molecule has 14 heavy (non-hydrogen) atoms. The molecule has 1 aliphatic heterocycles. The largest absolute Gasteiger partial charge is 0.477 e. The van der Waals surface area contributed by atoms with Crippen LogP contribution in [0.3, 0.4) is 0 Å². The number of carboxylic acid groups (broad SMARTS) is 1. The van der Waals surface area contributed by atoms with Crippen molar-refractivity contribution in [3.8, 4) is 0 Å². The molecule has 0 saturated heterocycles. The molecule has 0 saturated carbocycles. The van der Waals surface area contributed by atoms with Crippen LogP contribution in [0.1, 0.15) is 6.92 Å². The Hall–Kier alpha value is -0.880. The Balaban J connectivity index is 2.64. The van der Waals surface area contributed by atoms with Crippen LogP contribution >= 0.6 is 21.6 Å². The van der Waals surface area contributed by atoms with Gasteiger partial charge in [0.25, 0.3) is 0 Å². The molecule has 0 fully saturated rings. The highest BCUT2D eigenvalue weighted by atomic mass is 33.1. The van der Waals surface area contributed by atoms with E-state index in [1.54, 1.807) is 6.92 Å². The molecule has 0 spiro atoms. The fourth-order valence-corrected chi connectivity index (χ4v) is 2.76. The van der Waals surface area contributed by atoms with Crippen LogP contribution in [0, 0.1) is 0 Å². The summed E-state index contributed by atoms with van der Waals surface area (Å²) >= 11 is 0. The minimum atomic E-state index is -0.977. The van der Waals surface area contributed by atoms with Crippen LogP contribution in [0.25, 0.3) is 0 Å². The van der Waals surface area contributed by atoms with Crippen LogP contribution in [0.2, 0.25) is 0 Å². The van der Waals surface area contributed by atoms with Gasteiger partial charge in [0.1, 0.15) is 4.91 Å². The Labute approximate surface area is 88.8 Å². The molecule has 1 N–H and O–H groups in total. The number of aliphatic carboxylic acids is 1. The van der Waals surface area contributed by atoms with E-state index in [1.807, 2.05) is 0 Å². The zero-order chi connectivity index (χ0) is 10.6. The number of esters is 1. The van der Waals surface area contributed by atoms with Crippen molar-refractivity contribution in [1.29, 1.82) is 0 Å². The Morgan fingerprint density at radius 2 is 2.29 bits per heavy atom. The zero-order valence-corrected chi connectivity index (χ0v) is 8.98. The lowest BCUT2D eigenvalue weighted by atomic mass is 10.4. The summed E-state index contributed by atoms with van der Waals surface area (Å²) in [6.07, 6.45) is 2.74. The van der Waals surface area contributed by atoms with Crippen molar-refractivity contribution < 1.29 is 19.4 Å². The van der Waals surface area contributed by atoms with Crippen molar-refractivity contribution in [3.63, 3.8) is 0 Å². The maximum atomic E-state index is 11.0. The molecule has 0 atom stereocenters. The standard InChI is InChI=1S/C8H8O4S2/c1-2-12-7(9)4-5-3-6(8(10)11)14-13-5/h3-4H,2H2,1H3,(H,10,11)/b5-4-. The predicted octanol–water partition coefficient (Wildman–Crippen LogP) is 1.80. The molecule has 76 valence electrons. The third kappa shape index (κ3) is 3.12. The van der Waals surface area contributed by atoms with E-state index < -0.39 is 11.9 Å². The molecule has 0 aromatic heterocycles. The minimum Gasteiger partial charge on any atom is -0.477 e. The van der Waals surface area contributed by atoms with Gasteiger partial charge in [0.2, 0.25) is 0 Å². The van der Waals surface area contributed by atoms with Gasteiger partial charge in [-0.15, -0.1) is 0 Å². The van der Waals surface area contributed by atoms with Gasteiger partial charge >= 0.3 is 11.9 Å². The van der Waals surface area contributed by atoms with Crippen LogP contribution < -0.4 is 0 Å². The van der Waals surface area contributed by atoms with E-state index in [-0.39, 0.29) is 4.91 Å². The zero-order valence-electron chi connectivity index (χ0n) is 7.35. The number of carbonyl (C=O) groups excluding carboxylic acids is 1. The molecule has 1 rings (SSSR count). The first kappa shape index (κ1) is 11.2. The lowest BCUT2D eigenvalue weighted by Crippen LogP contribution is -1.99. The molecule has 0 unspecified atom stereocenters. The first-order chi connectivity index (χ1) is 6.63. The molecule has 4 nitrogen and oxygen atoms in total. The van der Waals surface area contributed by atoms with Crippen molar-refractivity contribution in [2.75, 3.05) is 6.61 Å². The van der Waals surface area contributed by atoms with Crippen molar-refractivity contribution in [1.82, 2.24) is 0 Å². The molecule has 0 radical (unpaired) electrons. The smallest absolute Gasteiger partial charge is 0.343 e. The van der Waals surface area contributed by atoms with E-state index in [2.05, 4.69) is 4.74 Å². The number of hydrogen-bond donors (Lipinski definition) is 1. The van der Waals surface area contributed by atoms with E-state index in [0.29, 0.717) is 11.5 Å². The van der Waals surface area contributed by atoms with Gasteiger partial charge in [0, 0.05) is 11.0 Å². The molecule has 6 heteroatoms. The first-order valence-corrected chi connectivity index (χ1v) is 5.96. The summed E-state index contributed by atoms with van der Waals surface area (Å²) in [5.41, 5.74) is 0. The maximum absolute atomic E-state index is 11.0. The maximum Gasteiger partial charge on any atom is 0.343 e. The number of ether oxygens (including phenoxy) is 1. The second-order valence-corrected chi connectivity index (χ2v) is 4.52. The average Bonchev–Trinajstić information content (AvgIpc) is 2.53. The van der Waals surface area contributed by atoms with Gasteiger partial charge in [-0.25, -0.2) is 9.59 Å². The van der Waals surface area contributed by atoms with Crippen molar-refractivity contribution in [3.05, 3.63) is 22.0 Å². The molecule has 0 bridgehead atoms. The third-order valence-electron chi connectivity index (χ3n) is 1.26. The van der Waals surface area contributed by atoms with Crippen molar-refractivity contribution in [2.24, 2.45) is 0 Å². The van der Waals surface area contributed by atoms with Gasteiger partial charge in [-0.1, -0.05) is 10.8 Å². The average molecular weight is 232 g/mol. The van der Waals surface area contributed by atoms with E-state index in [4.69, 9.17) is 5.11 Å². The highest BCUT2D eigenvalue weighted by Gasteiger charge is 2.18. The summed E-state index contributed by atoms with van der Waals surface area (Å²) < 4.78 is 4.68. The quantitative estimate of drug-likeness (QED) is 0.455. The van der Waals surface area contributed by atoms with Gasteiger partial charge < -0.3 is 9.84 Å². The number of carboxylic acids is 1. The summed E-state index contributed by atoms with van der Waals surface area (Å²) in [5.74, 6) is -1.42. The van der Waals surface area contributed by atoms with Gasteiger partial charge in [0.05, 0.1) is 6.61 Å². The first-order valence-electron chi connectivity index (χ1n) is 3.81. The Bertz CT molecular complexity index is 319. The monoisotopic (exact) mass is 232 g/mol. The van der Waals surface area contributed by atoms with Crippen LogP contribution in [-0.4, -0.2) is 23.7 Å². The lowest BCUT2D eigenvalue weighted by Gasteiger charge is -1.95. The third-order valence-corrected chi connectivity index (χ3v) is 3.61. The normalized spacial score (nSPS) is 18.1. The van der Waals surface area contributed by atoms with Crippen LogP contribution in [0.5, 0.6) is 0 Å². The van der Waals surface area contributed by atoms with Crippen LogP contribution in [0.15, 0.2) is 22.0 Å². The van der Waals surface area contributed by atoms with E-state index >= 15 is 0 Å². The van der Waals surface area contributed by atoms with E-state index in [9.17, 15) is 9.59 Å². The summed E-state index contributed by atoms with van der Waals surface area (Å²) in [6.45, 7) is 2.03. The van der Waals surface area contributed by atoms with Gasteiger partial charge in [-0.2, -0.15) is 0 Å². The molecular formula is C8H8O4S2. The SMILES string of the molecule is CCOC(=O)/C=C1/C=C(C(=O)O)SS1. The topological polar surface area (TPSA) is 63.6 Å². The molecular weight excluding hydrogens is 224 g/mol. The second-order valence-electron chi connectivity index (χ2n) is 2.28. The van der Waals surface area contributed by atoms with Crippen molar-refractivity contribution >= 4 is 33.5 Å². The summed E-state index contributed by atoms with van der Waals surface area (Å²) in [6, 6.07) is 0. The van der Waals surface area contributed by atoms with Crippen LogP contribution in [-0.2, 0) is 14.3 Å². The molecule has 1 heterocycles. The van der Waals surface area contributed by atoms with E-state index in [0.717, 1.165) is 10.8 Å². The fourth-order valence-electron chi connectivity index (χ4n) is 0.734. The van der Waals surface area contributed by atoms with E-state index in [1.165, 1.54) is 22.9 Å². The fraction of sp³-hybridized carbons (Fsp3) is 0.250. The highest BCUT2D eigenvalue weighted by Crippen LogP contribution is 2.44. The number of carbonyl (C=O) groups is 2. The lowest BCUT2D eigenvalue weighted by molar-refractivity contribution is -0.137. The number of allylic oxidation sites excluding steroid dienone is 1. The minimum absolute atomic E-state index is 0.227. The summed E-state index contributed by atoms with van der Waals surface area (Å²) in [7, 11) is 2.36. The van der Waals surface area contributed by atoms with Crippen LogP contribution in [0.4, 0.5) is 0 Å². The summed E-state index contributed by atoms with van der Waals surface area (Å²) in [4.78, 5) is 22.3. The second kappa shape index (κ2) is 5.11. The Kier molecular flexibility index (Phi) is 4.09. The summed E-state index contributed by atoms with van der Waals surface area (Å²) in [5, 5.41) is 8.62. The molecule has 0 aliphatic carbocycles. The Morgan fingerprint density at radius 1 is 1.57 bits per heavy atom. The molecule has 0 amide bonds. The van der Waals surface area contributed by atoms with Gasteiger partial charge in [-0.3, -0.25) is 0 Å². The Morgan fingerprint density at radius 3 is 2.79 bits per heavy atom. The predicted molar refractivity (Wildman–Crippen MR) is 55.6 cm³/mol. The molecule has 0 aromatic carbocycles. The highest BCUT2D eigenvalue weighted by molar-refractivity contribution is 8.80. The number of rotatable bonds is 3.